The average molecular weight is 294 g/mol. The van der Waals surface area contributed by atoms with Crippen LogP contribution in [-0.4, -0.2) is 55.9 Å². The maximum Gasteiger partial charge on any atom is 0.234 e. The molecule has 5 nitrogen and oxygen atoms in total. The summed E-state index contributed by atoms with van der Waals surface area (Å²) < 4.78 is 5.01. The molecule has 0 aliphatic carbocycles. The summed E-state index contributed by atoms with van der Waals surface area (Å²) in [6, 6.07) is 7.99. The zero-order valence-corrected chi connectivity index (χ0v) is 13.1. The maximum absolute atomic E-state index is 12.1. The molecule has 1 rings (SSSR count). The molecular formula is C16H26N2O3. The second-order valence-corrected chi connectivity index (χ2v) is 5.14. The fourth-order valence-electron chi connectivity index (χ4n) is 2.27. The van der Waals surface area contributed by atoms with Gasteiger partial charge in [-0.25, -0.2) is 0 Å². The van der Waals surface area contributed by atoms with E-state index in [9.17, 15) is 4.79 Å². The summed E-state index contributed by atoms with van der Waals surface area (Å²) in [5.74, 6) is -0.0460. The molecule has 0 saturated heterocycles. The van der Waals surface area contributed by atoms with E-state index in [0.29, 0.717) is 19.7 Å². The summed E-state index contributed by atoms with van der Waals surface area (Å²) in [7, 11) is 1.62. The molecule has 1 aromatic rings. The molecule has 1 aromatic carbocycles. The maximum atomic E-state index is 12.1. The van der Waals surface area contributed by atoms with Gasteiger partial charge < -0.3 is 15.2 Å². The zero-order chi connectivity index (χ0) is 15.7. The Bertz CT molecular complexity index is 437. The lowest BCUT2D eigenvalue weighted by atomic mass is 10.0. The van der Waals surface area contributed by atoms with Crippen LogP contribution in [0.2, 0.25) is 0 Å². The van der Waals surface area contributed by atoms with E-state index < -0.39 is 0 Å². The molecule has 5 heteroatoms. The second kappa shape index (κ2) is 9.50. The number of nitrogens with zero attached hydrogens (tertiary/aromatic N) is 1. The highest BCUT2D eigenvalue weighted by atomic mass is 16.5. The predicted octanol–water partition coefficient (Wildman–Crippen LogP) is 1.11. The smallest absolute Gasteiger partial charge is 0.234 e. The van der Waals surface area contributed by atoms with Gasteiger partial charge in [-0.1, -0.05) is 24.3 Å². The Hall–Kier alpha value is -1.43. The summed E-state index contributed by atoms with van der Waals surface area (Å²) in [6.07, 6.45) is 0. The summed E-state index contributed by atoms with van der Waals surface area (Å²) in [5.41, 5.74) is 2.29. The lowest BCUT2D eigenvalue weighted by Gasteiger charge is -2.22. The number of amides is 1. The van der Waals surface area contributed by atoms with Crippen molar-refractivity contribution in [3.05, 3.63) is 35.4 Å². The summed E-state index contributed by atoms with van der Waals surface area (Å²) in [5, 5.41) is 12.0. The molecule has 1 unspecified atom stereocenters. The van der Waals surface area contributed by atoms with Crippen LogP contribution < -0.4 is 5.32 Å². The van der Waals surface area contributed by atoms with Gasteiger partial charge in [0.2, 0.25) is 5.91 Å². The number of aryl methyl sites for hydroxylation is 1. The number of rotatable bonds is 9. The van der Waals surface area contributed by atoms with Crippen molar-refractivity contribution in [1.29, 1.82) is 0 Å². The molecule has 0 spiro atoms. The molecule has 1 amide bonds. The number of benzene rings is 1. The molecule has 0 bridgehead atoms. The predicted molar refractivity (Wildman–Crippen MR) is 83.1 cm³/mol. The molecule has 0 saturated carbocycles. The Labute approximate surface area is 126 Å². The number of carbonyl (C=O) groups is 1. The van der Waals surface area contributed by atoms with Gasteiger partial charge in [0.15, 0.2) is 0 Å². The minimum absolute atomic E-state index is 0.0305. The summed E-state index contributed by atoms with van der Waals surface area (Å²) in [6.45, 7) is 5.95. The van der Waals surface area contributed by atoms with Crippen molar-refractivity contribution in [3.63, 3.8) is 0 Å². The number of methoxy groups -OCH3 is 1. The van der Waals surface area contributed by atoms with Crippen molar-refractivity contribution < 1.29 is 14.6 Å². The molecular weight excluding hydrogens is 268 g/mol. The van der Waals surface area contributed by atoms with Crippen molar-refractivity contribution in [1.82, 2.24) is 10.2 Å². The zero-order valence-electron chi connectivity index (χ0n) is 13.1. The van der Waals surface area contributed by atoms with Gasteiger partial charge in [0.1, 0.15) is 0 Å². The molecule has 0 aliphatic heterocycles. The van der Waals surface area contributed by atoms with Crippen LogP contribution in [0.1, 0.15) is 24.1 Å². The van der Waals surface area contributed by atoms with E-state index in [1.807, 2.05) is 43.0 Å². The van der Waals surface area contributed by atoms with Gasteiger partial charge in [-0.2, -0.15) is 0 Å². The van der Waals surface area contributed by atoms with Crippen molar-refractivity contribution >= 4 is 5.91 Å². The molecule has 0 aliphatic rings. The highest BCUT2D eigenvalue weighted by molar-refractivity contribution is 5.78. The van der Waals surface area contributed by atoms with Crippen LogP contribution >= 0.6 is 0 Å². The van der Waals surface area contributed by atoms with E-state index in [1.54, 1.807) is 7.11 Å². The van der Waals surface area contributed by atoms with Crippen molar-refractivity contribution in [2.75, 3.05) is 40.0 Å². The van der Waals surface area contributed by atoms with E-state index >= 15 is 0 Å². The molecule has 0 heterocycles. The van der Waals surface area contributed by atoms with Crippen molar-refractivity contribution in [2.45, 2.75) is 19.9 Å². The van der Waals surface area contributed by atoms with Crippen molar-refractivity contribution in [3.8, 4) is 0 Å². The monoisotopic (exact) mass is 294 g/mol. The summed E-state index contributed by atoms with van der Waals surface area (Å²) >= 11 is 0. The first-order chi connectivity index (χ1) is 10.1. The van der Waals surface area contributed by atoms with Crippen molar-refractivity contribution in [2.24, 2.45) is 0 Å². The lowest BCUT2D eigenvalue weighted by Crippen LogP contribution is -2.41. The van der Waals surface area contributed by atoms with Crippen LogP contribution in [0, 0.1) is 6.92 Å². The normalized spacial score (nSPS) is 12.4. The third-order valence-electron chi connectivity index (χ3n) is 3.43. The minimum Gasteiger partial charge on any atom is -0.395 e. The molecule has 2 N–H and O–H groups in total. The van der Waals surface area contributed by atoms with Gasteiger partial charge in [0.05, 0.1) is 25.8 Å². The Morgan fingerprint density at radius 2 is 2.10 bits per heavy atom. The van der Waals surface area contributed by atoms with Gasteiger partial charge in [-0.3, -0.25) is 9.69 Å². The molecule has 21 heavy (non-hydrogen) atoms. The number of aliphatic hydroxyl groups is 1. The summed E-state index contributed by atoms with van der Waals surface area (Å²) in [4.78, 5) is 14.0. The number of aliphatic hydroxyl groups excluding tert-OH is 1. The lowest BCUT2D eigenvalue weighted by molar-refractivity contribution is -0.123. The van der Waals surface area contributed by atoms with E-state index in [0.717, 1.165) is 11.1 Å². The van der Waals surface area contributed by atoms with Crippen LogP contribution in [0.5, 0.6) is 0 Å². The Balaban J connectivity index is 2.53. The van der Waals surface area contributed by atoms with Crippen LogP contribution in [0.15, 0.2) is 24.3 Å². The first-order valence-electron chi connectivity index (χ1n) is 7.25. The molecule has 1 atom stereocenters. The molecule has 0 radical (unpaired) electrons. The van der Waals surface area contributed by atoms with E-state index in [4.69, 9.17) is 9.84 Å². The fraction of sp³-hybridized carbons (Fsp3) is 0.562. The van der Waals surface area contributed by atoms with Gasteiger partial charge in [-0.05, 0) is 25.0 Å². The SMILES string of the molecule is COCCN(CCO)CC(=O)NC(C)c1ccccc1C. The largest absolute Gasteiger partial charge is 0.395 e. The van der Waals surface area contributed by atoms with Gasteiger partial charge >= 0.3 is 0 Å². The molecule has 118 valence electrons. The Morgan fingerprint density at radius 1 is 1.38 bits per heavy atom. The number of ether oxygens (including phenoxy) is 1. The van der Waals surface area contributed by atoms with E-state index in [2.05, 4.69) is 5.32 Å². The van der Waals surface area contributed by atoms with Gasteiger partial charge in [0.25, 0.3) is 0 Å². The van der Waals surface area contributed by atoms with Crippen LogP contribution in [0.25, 0.3) is 0 Å². The number of carbonyl (C=O) groups excluding carboxylic acids is 1. The van der Waals surface area contributed by atoms with Gasteiger partial charge in [-0.15, -0.1) is 0 Å². The van der Waals surface area contributed by atoms with Crippen LogP contribution in [-0.2, 0) is 9.53 Å². The first-order valence-corrected chi connectivity index (χ1v) is 7.25. The number of hydrogen-bond donors (Lipinski definition) is 2. The quantitative estimate of drug-likeness (QED) is 0.716. The molecule has 0 aromatic heterocycles. The Kier molecular flexibility index (Phi) is 7.97. The number of nitrogens with one attached hydrogen (secondary N) is 1. The average Bonchev–Trinajstić information content (AvgIpc) is 2.45. The fourth-order valence-corrected chi connectivity index (χ4v) is 2.27. The topological polar surface area (TPSA) is 61.8 Å². The highest BCUT2D eigenvalue weighted by Crippen LogP contribution is 2.16. The minimum atomic E-state index is -0.0460. The second-order valence-electron chi connectivity index (χ2n) is 5.14. The third kappa shape index (κ3) is 6.25. The molecule has 0 fully saturated rings. The number of hydrogen-bond acceptors (Lipinski definition) is 4. The van der Waals surface area contributed by atoms with Crippen LogP contribution in [0.4, 0.5) is 0 Å². The highest BCUT2D eigenvalue weighted by Gasteiger charge is 2.14. The Morgan fingerprint density at radius 3 is 2.71 bits per heavy atom. The van der Waals surface area contributed by atoms with E-state index in [1.165, 1.54) is 0 Å². The first kappa shape index (κ1) is 17.6. The standard InChI is InChI=1S/C16H26N2O3/c1-13-6-4-5-7-15(13)14(2)17-16(20)12-18(8-10-19)9-11-21-3/h4-7,14,19H,8-12H2,1-3H3,(H,17,20). The van der Waals surface area contributed by atoms with E-state index in [-0.39, 0.29) is 25.1 Å². The third-order valence-corrected chi connectivity index (χ3v) is 3.43. The van der Waals surface area contributed by atoms with Gasteiger partial charge in [0, 0.05) is 20.2 Å². The van der Waals surface area contributed by atoms with Crippen LogP contribution in [0.3, 0.4) is 0 Å².